The summed E-state index contributed by atoms with van der Waals surface area (Å²) in [4.78, 5) is 0. The molecule has 0 N–H and O–H groups in total. The van der Waals surface area contributed by atoms with Crippen molar-refractivity contribution in [3.05, 3.63) is 0 Å². The van der Waals surface area contributed by atoms with Gasteiger partial charge in [0.05, 0.1) is 0 Å². The minimum absolute atomic E-state index is 0.968. The Kier molecular flexibility index (Phi) is 11.2. The molecule has 0 rings (SSSR count). The SMILES string of the molecule is C#CCCCCCCCCCCC. The van der Waals surface area contributed by atoms with E-state index in [-0.39, 0.29) is 0 Å². The van der Waals surface area contributed by atoms with Crippen molar-refractivity contribution < 1.29 is 0 Å². The fraction of sp³-hybridized carbons (Fsp3) is 0.846. The maximum atomic E-state index is 5.17. The molecule has 0 aromatic carbocycles. The van der Waals surface area contributed by atoms with Gasteiger partial charge < -0.3 is 0 Å². The Morgan fingerprint density at radius 1 is 0.769 bits per heavy atom. The van der Waals surface area contributed by atoms with Gasteiger partial charge in [-0.2, -0.15) is 0 Å². The molecule has 13 heavy (non-hydrogen) atoms. The lowest BCUT2D eigenvalue weighted by Gasteiger charge is -1.99. The molecule has 0 saturated carbocycles. The Labute approximate surface area is 84.1 Å². The van der Waals surface area contributed by atoms with E-state index in [1.807, 2.05) is 0 Å². The Morgan fingerprint density at radius 2 is 1.23 bits per heavy atom. The van der Waals surface area contributed by atoms with Crippen LogP contribution < -0.4 is 0 Å². The van der Waals surface area contributed by atoms with E-state index >= 15 is 0 Å². The topological polar surface area (TPSA) is 0 Å². The summed E-state index contributed by atoms with van der Waals surface area (Å²) in [5, 5.41) is 0. The van der Waals surface area contributed by atoms with Crippen molar-refractivity contribution in [2.45, 2.75) is 71.1 Å². The normalized spacial score (nSPS) is 9.85. The highest BCUT2D eigenvalue weighted by atomic mass is 14.0. The first-order valence-corrected chi connectivity index (χ1v) is 5.85. The largest absolute Gasteiger partial charge is 0.120 e. The van der Waals surface area contributed by atoms with Gasteiger partial charge >= 0.3 is 0 Å². The number of terminal acetylenes is 1. The Morgan fingerprint density at radius 3 is 1.69 bits per heavy atom. The summed E-state index contributed by atoms with van der Waals surface area (Å²) in [7, 11) is 0. The molecule has 0 nitrogen and oxygen atoms in total. The Hall–Kier alpha value is -0.440. The van der Waals surface area contributed by atoms with Crippen molar-refractivity contribution in [1.82, 2.24) is 0 Å². The minimum atomic E-state index is 0.968. The fourth-order valence-electron chi connectivity index (χ4n) is 1.54. The van der Waals surface area contributed by atoms with Gasteiger partial charge in [-0.05, 0) is 6.42 Å². The lowest BCUT2D eigenvalue weighted by atomic mass is 10.1. The maximum Gasteiger partial charge on any atom is 0.00860 e. The molecule has 0 fully saturated rings. The van der Waals surface area contributed by atoms with Crippen LogP contribution in [-0.4, -0.2) is 0 Å². The molecule has 0 heteroatoms. The first-order valence-electron chi connectivity index (χ1n) is 5.85. The van der Waals surface area contributed by atoms with Crippen LogP contribution in [0, 0.1) is 12.3 Å². The van der Waals surface area contributed by atoms with E-state index in [1.54, 1.807) is 0 Å². The van der Waals surface area contributed by atoms with Gasteiger partial charge in [0, 0.05) is 6.42 Å². The standard InChI is InChI=1S/C13H24/c1-3-5-7-9-11-13-12-10-8-6-4-2/h1H,4-13H2,2H3. The Bertz CT molecular complexity index is 118. The van der Waals surface area contributed by atoms with Crippen molar-refractivity contribution in [1.29, 1.82) is 0 Å². The van der Waals surface area contributed by atoms with Crippen molar-refractivity contribution in [3.63, 3.8) is 0 Å². The predicted octanol–water partition coefficient (Wildman–Crippen LogP) is 4.54. The summed E-state index contributed by atoms with van der Waals surface area (Å²) in [6.45, 7) is 2.26. The third-order valence-corrected chi connectivity index (χ3v) is 2.42. The summed E-state index contributed by atoms with van der Waals surface area (Å²) in [5.74, 6) is 2.69. The van der Waals surface area contributed by atoms with Crippen LogP contribution in [0.1, 0.15) is 71.1 Å². The predicted molar refractivity (Wildman–Crippen MR) is 60.7 cm³/mol. The van der Waals surface area contributed by atoms with Gasteiger partial charge in [0.2, 0.25) is 0 Å². The van der Waals surface area contributed by atoms with Crippen LogP contribution in [0.5, 0.6) is 0 Å². The molecular weight excluding hydrogens is 156 g/mol. The van der Waals surface area contributed by atoms with Gasteiger partial charge in [-0.25, -0.2) is 0 Å². The van der Waals surface area contributed by atoms with E-state index in [4.69, 9.17) is 6.42 Å². The number of unbranched alkanes of at least 4 members (excludes halogenated alkanes) is 9. The van der Waals surface area contributed by atoms with Crippen molar-refractivity contribution >= 4 is 0 Å². The van der Waals surface area contributed by atoms with Crippen molar-refractivity contribution in [2.75, 3.05) is 0 Å². The van der Waals surface area contributed by atoms with Crippen molar-refractivity contribution in [2.24, 2.45) is 0 Å². The van der Waals surface area contributed by atoms with Crippen LogP contribution in [0.15, 0.2) is 0 Å². The monoisotopic (exact) mass is 180 g/mol. The van der Waals surface area contributed by atoms with Crippen molar-refractivity contribution in [3.8, 4) is 12.3 Å². The molecule has 0 radical (unpaired) electrons. The number of rotatable bonds is 9. The molecule has 0 atom stereocenters. The third kappa shape index (κ3) is 11.6. The van der Waals surface area contributed by atoms with Crippen LogP contribution in [0.2, 0.25) is 0 Å². The molecule has 0 bridgehead atoms. The molecule has 0 aromatic rings. The van der Waals surface area contributed by atoms with Crippen LogP contribution in [0.4, 0.5) is 0 Å². The zero-order chi connectivity index (χ0) is 9.78. The lowest BCUT2D eigenvalue weighted by molar-refractivity contribution is 0.567. The minimum Gasteiger partial charge on any atom is -0.120 e. The van der Waals surface area contributed by atoms with E-state index in [0.717, 1.165) is 6.42 Å². The number of hydrogen-bond donors (Lipinski definition) is 0. The molecule has 0 spiro atoms. The second-order valence-corrected chi connectivity index (χ2v) is 3.78. The lowest BCUT2D eigenvalue weighted by Crippen LogP contribution is -1.80. The van der Waals surface area contributed by atoms with E-state index in [9.17, 15) is 0 Å². The maximum absolute atomic E-state index is 5.17. The van der Waals surface area contributed by atoms with Gasteiger partial charge in [0.25, 0.3) is 0 Å². The van der Waals surface area contributed by atoms with Gasteiger partial charge in [-0.3, -0.25) is 0 Å². The molecule has 0 amide bonds. The molecule has 76 valence electrons. The van der Waals surface area contributed by atoms with E-state index in [2.05, 4.69) is 12.8 Å². The second kappa shape index (κ2) is 11.6. The molecule has 0 heterocycles. The summed E-state index contributed by atoms with van der Waals surface area (Å²) in [6.07, 6.45) is 18.5. The average Bonchev–Trinajstić information content (AvgIpc) is 2.16. The quantitative estimate of drug-likeness (QED) is 0.361. The van der Waals surface area contributed by atoms with Gasteiger partial charge in [-0.15, -0.1) is 12.3 Å². The second-order valence-electron chi connectivity index (χ2n) is 3.78. The van der Waals surface area contributed by atoms with Crippen LogP contribution in [0.3, 0.4) is 0 Å². The molecule has 0 unspecified atom stereocenters. The van der Waals surface area contributed by atoms with Crippen LogP contribution in [-0.2, 0) is 0 Å². The number of hydrogen-bond acceptors (Lipinski definition) is 0. The smallest absolute Gasteiger partial charge is 0.00860 e. The third-order valence-electron chi connectivity index (χ3n) is 2.42. The molecular formula is C13H24. The molecule has 0 saturated heterocycles. The van der Waals surface area contributed by atoms with E-state index in [0.29, 0.717) is 0 Å². The molecule has 0 aliphatic rings. The zero-order valence-electron chi connectivity index (χ0n) is 9.15. The van der Waals surface area contributed by atoms with Gasteiger partial charge in [0.1, 0.15) is 0 Å². The Balaban J connectivity index is 2.80. The molecule has 0 aliphatic carbocycles. The van der Waals surface area contributed by atoms with E-state index < -0.39 is 0 Å². The van der Waals surface area contributed by atoms with Gasteiger partial charge in [-0.1, -0.05) is 58.3 Å². The summed E-state index contributed by atoms with van der Waals surface area (Å²) < 4.78 is 0. The van der Waals surface area contributed by atoms with Crippen LogP contribution >= 0.6 is 0 Å². The summed E-state index contributed by atoms with van der Waals surface area (Å²) in [5.41, 5.74) is 0. The summed E-state index contributed by atoms with van der Waals surface area (Å²) >= 11 is 0. The summed E-state index contributed by atoms with van der Waals surface area (Å²) in [6, 6.07) is 0. The first-order chi connectivity index (χ1) is 6.41. The first kappa shape index (κ1) is 12.6. The highest BCUT2D eigenvalue weighted by molar-refractivity contribution is 4.82. The van der Waals surface area contributed by atoms with E-state index in [1.165, 1.54) is 57.8 Å². The molecule has 0 aliphatic heterocycles. The highest BCUT2D eigenvalue weighted by Crippen LogP contribution is 2.09. The average molecular weight is 180 g/mol. The fourth-order valence-corrected chi connectivity index (χ4v) is 1.54. The van der Waals surface area contributed by atoms with Crippen LogP contribution in [0.25, 0.3) is 0 Å². The zero-order valence-corrected chi connectivity index (χ0v) is 9.15. The van der Waals surface area contributed by atoms with Gasteiger partial charge in [0.15, 0.2) is 0 Å². The molecule has 0 aromatic heterocycles. The highest BCUT2D eigenvalue weighted by Gasteiger charge is 1.90.